The van der Waals surface area contributed by atoms with Gasteiger partial charge in [-0.3, -0.25) is 9.48 Å². The van der Waals surface area contributed by atoms with Gasteiger partial charge < -0.3 is 4.90 Å². The highest BCUT2D eigenvalue weighted by Crippen LogP contribution is 2.24. The number of rotatable bonds is 5. The number of aromatic nitrogens is 2. The Morgan fingerprint density at radius 1 is 1.11 bits per heavy atom. The third-order valence-corrected chi connectivity index (χ3v) is 7.13. The lowest BCUT2D eigenvalue weighted by Crippen LogP contribution is -2.50. The predicted octanol–water partition coefficient (Wildman–Crippen LogP) is 2.07. The summed E-state index contributed by atoms with van der Waals surface area (Å²) in [7, 11) is -3.62. The molecule has 1 aliphatic rings. The molecule has 1 aromatic carbocycles. The van der Waals surface area contributed by atoms with Gasteiger partial charge in [0.15, 0.2) is 0 Å². The van der Waals surface area contributed by atoms with Crippen molar-refractivity contribution in [3.05, 3.63) is 53.4 Å². The molecule has 0 bridgehead atoms. The van der Waals surface area contributed by atoms with Gasteiger partial charge in [-0.15, -0.1) is 0 Å². The predicted molar refractivity (Wildman–Crippen MR) is 108 cm³/mol. The summed E-state index contributed by atoms with van der Waals surface area (Å²) in [6.45, 7) is 7.37. The summed E-state index contributed by atoms with van der Waals surface area (Å²) in [5.74, 6) is -0.105. The van der Waals surface area contributed by atoms with Crippen molar-refractivity contribution >= 4 is 22.0 Å². The summed E-state index contributed by atoms with van der Waals surface area (Å²) in [4.78, 5) is 14.4. The van der Waals surface area contributed by atoms with Gasteiger partial charge in [-0.1, -0.05) is 30.3 Å². The third-order valence-electron chi connectivity index (χ3n) is 4.98. The maximum Gasteiger partial charge on any atom is 0.246 e. The molecule has 0 spiro atoms. The molecule has 0 radical (unpaired) electrons. The Hall–Kier alpha value is -2.45. The Kier molecular flexibility index (Phi) is 6.00. The minimum Gasteiger partial charge on any atom is -0.337 e. The first-order valence-electron chi connectivity index (χ1n) is 9.40. The van der Waals surface area contributed by atoms with Crippen LogP contribution in [0.5, 0.6) is 0 Å². The number of piperazine rings is 1. The minimum atomic E-state index is -3.62. The number of amides is 1. The molecule has 7 nitrogen and oxygen atoms in total. The molecule has 2 heterocycles. The second kappa shape index (κ2) is 8.28. The zero-order valence-corrected chi connectivity index (χ0v) is 17.3. The van der Waals surface area contributed by atoms with Gasteiger partial charge in [-0.05, 0) is 32.4 Å². The molecule has 0 saturated carbocycles. The zero-order valence-electron chi connectivity index (χ0n) is 16.5. The third kappa shape index (κ3) is 4.02. The molecule has 0 N–H and O–H groups in total. The average molecular weight is 403 g/mol. The lowest BCUT2D eigenvalue weighted by atomic mass is 10.2. The van der Waals surface area contributed by atoms with Gasteiger partial charge in [0.2, 0.25) is 15.9 Å². The van der Waals surface area contributed by atoms with Crippen LogP contribution in [0.15, 0.2) is 41.3 Å². The Morgan fingerprint density at radius 2 is 1.75 bits per heavy atom. The fourth-order valence-electron chi connectivity index (χ4n) is 3.48. The molecule has 1 amide bonds. The van der Waals surface area contributed by atoms with Gasteiger partial charge in [0.05, 0.1) is 11.4 Å². The number of aryl methyl sites for hydroxylation is 2. The Labute approximate surface area is 166 Å². The molecule has 28 heavy (non-hydrogen) atoms. The number of hydrogen-bond acceptors (Lipinski definition) is 4. The van der Waals surface area contributed by atoms with E-state index in [0.717, 1.165) is 5.56 Å². The lowest BCUT2D eigenvalue weighted by molar-refractivity contribution is -0.127. The van der Waals surface area contributed by atoms with E-state index in [-0.39, 0.29) is 23.9 Å². The number of sulfonamides is 1. The molecule has 1 saturated heterocycles. The number of carbonyl (C=O) groups excluding carboxylic acids is 1. The highest BCUT2D eigenvalue weighted by atomic mass is 32.2. The molecule has 2 aromatic rings. The van der Waals surface area contributed by atoms with E-state index < -0.39 is 10.0 Å². The smallest absolute Gasteiger partial charge is 0.246 e. The SMILES string of the molecule is CCn1nc(C)c(S(=O)(=O)N2CCN(C(=O)/C=C/c3ccccc3)CC2)c1C. The summed E-state index contributed by atoms with van der Waals surface area (Å²) in [5.41, 5.74) is 2.13. The van der Waals surface area contributed by atoms with Gasteiger partial charge in [0.25, 0.3) is 0 Å². The molecular weight excluding hydrogens is 376 g/mol. The number of hydrogen-bond donors (Lipinski definition) is 0. The quantitative estimate of drug-likeness (QED) is 0.718. The van der Waals surface area contributed by atoms with Crippen LogP contribution < -0.4 is 0 Å². The van der Waals surface area contributed by atoms with Crippen LogP contribution in [0.4, 0.5) is 0 Å². The fourth-order valence-corrected chi connectivity index (χ4v) is 5.27. The first-order chi connectivity index (χ1) is 13.3. The van der Waals surface area contributed by atoms with Crippen molar-refractivity contribution in [2.24, 2.45) is 0 Å². The highest BCUT2D eigenvalue weighted by molar-refractivity contribution is 7.89. The maximum atomic E-state index is 13.1. The summed E-state index contributed by atoms with van der Waals surface area (Å²) in [5, 5.41) is 4.32. The average Bonchev–Trinajstić information content (AvgIpc) is 3.01. The maximum absolute atomic E-state index is 13.1. The number of carbonyl (C=O) groups is 1. The van der Waals surface area contributed by atoms with Crippen LogP contribution in [0, 0.1) is 13.8 Å². The van der Waals surface area contributed by atoms with Gasteiger partial charge in [-0.2, -0.15) is 9.40 Å². The molecule has 8 heteroatoms. The van der Waals surface area contributed by atoms with Crippen molar-refractivity contribution < 1.29 is 13.2 Å². The van der Waals surface area contributed by atoms with Gasteiger partial charge in [0.1, 0.15) is 4.90 Å². The molecular formula is C20H26N4O3S. The number of benzene rings is 1. The van der Waals surface area contributed by atoms with Crippen LogP contribution in [0.3, 0.4) is 0 Å². The standard InChI is InChI=1S/C20H26N4O3S/c1-4-24-17(3)20(16(2)21-24)28(26,27)23-14-12-22(13-15-23)19(25)11-10-18-8-6-5-7-9-18/h5-11H,4,12-15H2,1-3H3/b11-10+. The zero-order chi connectivity index (χ0) is 20.3. The van der Waals surface area contributed by atoms with Gasteiger partial charge in [-0.25, -0.2) is 8.42 Å². The van der Waals surface area contributed by atoms with Crippen LogP contribution >= 0.6 is 0 Å². The lowest BCUT2D eigenvalue weighted by Gasteiger charge is -2.33. The molecule has 150 valence electrons. The molecule has 0 atom stereocenters. The first kappa shape index (κ1) is 20.3. The Morgan fingerprint density at radius 3 is 2.32 bits per heavy atom. The molecule has 0 aliphatic carbocycles. The normalized spacial score (nSPS) is 16.0. The van der Waals surface area contributed by atoms with E-state index in [9.17, 15) is 13.2 Å². The monoisotopic (exact) mass is 402 g/mol. The van der Waals surface area contributed by atoms with E-state index in [0.29, 0.717) is 31.0 Å². The molecule has 1 aliphatic heterocycles. The summed E-state index contributed by atoms with van der Waals surface area (Å²) >= 11 is 0. The van der Waals surface area contributed by atoms with E-state index in [1.54, 1.807) is 35.6 Å². The van der Waals surface area contributed by atoms with Crippen molar-refractivity contribution in [1.82, 2.24) is 19.0 Å². The van der Waals surface area contributed by atoms with Crippen molar-refractivity contribution in [2.45, 2.75) is 32.2 Å². The first-order valence-corrected chi connectivity index (χ1v) is 10.8. The van der Waals surface area contributed by atoms with Crippen LogP contribution in [-0.2, 0) is 21.4 Å². The summed E-state index contributed by atoms with van der Waals surface area (Å²) in [6.07, 6.45) is 3.32. The van der Waals surface area contributed by atoms with Crippen molar-refractivity contribution in [2.75, 3.05) is 26.2 Å². The van der Waals surface area contributed by atoms with Crippen LogP contribution in [-0.4, -0.2) is 59.5 Å². The van der Waals surface area contributed by atoms with E-state index >= 15 is 0 Å². The molecule has 3 rings (SSSR count). The van der Waals surface area contributed by atoms with Crippen molar-refractivity contribution in [1.29, 1.82) is 0 Å². The van der Waals surface area contributed by atoms with E-state index in [2.05, 4.69) is 5.10 Å². The fraction of sp³-hybridized carbons (Fsp3) is 0.400. The van der Waals surface area contributed by atoms with Gasteiger partial charge in [0, 0.05) is 38.8 Å². The van der Waals surface area contributed by atoms with Crippen LogP contribution in [0.2, 0.25) is 0 Å². The molecule has 1 fully saturated rings. The summed E-state index contributed by atoms with van der Waals surface area (Å²) in [6, 6.07) is 9.61. The molecule has 0 unspecified atom stereocenters. The molecule has 1 aromatic heterocycles. The minimum absolute atomic E-state index is 0.105. The van der Waals surface area contributed by atoms with E-state index in [1.807, 2.05) is 37.3 Å². The largest absolute Gasteiger partial charge is 0.337 e. The Balaban J connectivity index is 1.67. The Bertz CT molecular complexity index is 972. The summed E-state index contributed by atoms with van der Waals surface area (Å²) < 4.78 is 29.4. The van der Waals surface area contributed by atoms with Crippen LogP contribution in [0.1, 0.15) is 23.9 Å². The highest BCUT2D eigenvalue weighted by Gasteiger charge is 2.33. The van der Waals surface area contributed by atoms with Crippen LogP contribution in [0.25, 0.3) is 6.08 Å². The van der Waals surface area contributed by atoms with E-state index in [1.165, 1.54) is 4.31 Å². The van der Waals surface area contributed by atoms with E-state index in [4.69, 9.17) is 0 Å². The van der Waals surface area contributed by atoms with Crippen molar-refractivity contribution in [3.8, 4) is 0 Å². The second-order valence-electron chi connectivity index (χ2n) is 6.79. The van der Waals surface area contributed by atoms with Crippen molar-refractivity contribution in [3.63, 3.8) is 0 Å². The number of nitrogens with zero attached hydrogens (tertiary/aromatic N) is 4. The topological polar surface area (TPSA) is 75.5 Å². The van der Waals surface area contributed by atoms with Gasteiger partial charge >= 0.3 is 0 Å². The second-order valence-corrected chi connectivity index (χ2v) is 8.66.